The van der Waals surface area contributed by atoms with Gasteiger partial charge in [0, 0.05) is 58.9 Å². The molecule has 394 valence electrons. The second-order valence-corrected chi connectivity index (χ2v) is 18.6. The Bertz CT molecular complexity index is 2400. The van der Waals surface area contributed by atoms with Crippen LogP contribution in [0.25, 0.3) is 0 Å². The van der Waals surface area contributed by atoms with E-state index in [9.17, 15) is 41.0 Å². The number of hydrogen-bond donors (Lipinski definition) is 5. The molecule has 0 bridgehead atoms. The lowest BCUT2D eigenvalue weighted by molar-refractivity contribution is -0.154. The summed E-state index contributed by atoms with van der Waals surface area (Å²) in [6.45, 7) is 4.91. The minimum absolute atomic E-state index is 0.00549. The number of benzene rings is 4. The van der Waals surface area contributed by atoms with E-state index in [1.54, 1.807) is 36.4 Å². The minimum Gasteiger partial charge on any atom is -0.488 e. The molecule has 0 aliphatic carbocycles. The molecule has 4 aromatic carbocycles. The van der Waals surface area contributed by atoms with Crippen LogP contribution in [0.5, 0.6) is 23.0 Å². The van der Waals surface area contributed by atoms with Gasteiger partial charge in [-0.2, -0.15) is 26.3 Å². The Hall–Kier alpha value is -5.92. The van der Waals surface area contributed by atoms with Gasteiger partial charge in [-0.3, -0.25) is 9.59 Å². The molecule has 5 N–H and O–H groups in total. The van der Waals surface area contributed by atoms with E-state index in [0.29, 0.717) is 75.8 Å². The SMILES string of the molecule is C[C@H](Cc1cc2c(c(C(=O)NCCCC(O)CCCNC(=O)c3cc(CCN[C@@H](C)COc4ccccc4OCC(F)(F)F)cc4c3N(C)CC4)c1)N(C)CC2)NCCOc1ccccc1OCC(F)(F)F. The second-order valence-electron chi connectivity index (χ2n) is 18.6. The van der Waals surface area contributed by atoms with Crippen molar-refractivity contribution in [3.8, 4) is 23.0 Å². The minimum atomic E-state index is -4.46. The van der Waals surface area contributed by atoms with Crippen LogP contribution in [-0.4, -0.2) is 127 Å². The van der Waals surface area contributed by atoms with Crippen LogP contribution >= 0.6 is 0 Å². The molecular weight excluding hydrogens is 947 g/mol. The van der Waals surface area contributed by atoms with Gasteiger partial charge in [-0.1, -0.05) is 36.4 Å². The second kappa shape index (κ2) is 26.2. The van der Waals surface area contributed by atoms with E-state index < -0.39 is 31.7 Å². The third-order valence-electron chi connectivity index (χ3n) is 12.5. The number of aliphatic hydroxyl groups is 1. The monoisotopic (exact) mass is 1010 g/mol. The van der Waals surface area contributed by atoms with Gasteiger partial charge < -0.3 is 55.1 Å². The third-order valence-corrected chi connectivity index (χ3v) is 12.5. The highest BCUT2D eigenvalue weighted by atomic mass is 19.4. The molecule has 2 aliphatic rings. The lowest BCUT2D eigenvalue weighted by Gasteiger charge is -2.20. The first-order valence-corrected chi connectivity index (χ1v) is 24.6. The Labute approximate surface area is 417 Å². The first kappa shape index (κ1) is 55.4. The molecule has 2 aliphatic heterocycles. The maximum absolute atomic E-state index is 13.6. The molecule has 72 heavy (non-hydrogen) atoms. The van der Waals surface area contributed by atoms with E-state index in [0.717, 1.165) is 59.6 Å². The zero-order valence-electron chi connectivity index (χ0n) is 41.4. The molecule has 2 heterocycles. The largest absolute Gasteiger partial charge is 0.488 e. The van der Waals surface area contributed by atoms with Gasteiger partial charge in [0.1, 0.15) is 13.2 Å². The summed E-state index contributed by atoms with van der Waals surface area (Å²) in [4.78, 5) is 31.4. The number of nitrogens with zero attached hydrogens (tertiary/aromatic N) is 2. The molecule has 19 heteroatoms. The van der Waals surface area contributed by atoms with Gasteiger partial charge in [0.15, 0.2) is 36.2 Å². The molecule has 0 radical (unpaired) electrons. The number of fused-ring (bicyclic) bond motifs is 2. The predicted octanol–water partition coefficient (Wildman–Crippen LogP) is 7.83. The fraction of sp³-hybridized carbons (Fsp3) is 0.509. The summed E-state index contributed by atoms with van der Waals surface area (Å²) in [6.07, 6.45) is -4.52. The molecule has 6 rings (SSSR count). The molecule has 0 saturated heterocycles. The van der Waals surface area contributed by atoms with Crippen molar-refractivity contribution >= 4 is 23.2 Å². The van der Waals surface area contributed by atoms with Crippen molar-refractivity contribution in [2.75, 3.05) is 89.6 Å². The van der Waals surface area contributed by atoms with Gasteiger partial charge in [0.2, 0.25) is 0 Å². The fourth-order valence-corrected chi connectivity index (χ4v) is 8.95. The van der Waals surface area contributed by atoms with Gasteiger partial charge in [-0.15, -0.1) is 0 Å². The number of carbonyl (C=O) groups is 2. The van der Waals surface area contributed by atoms with Crippen molar-refractivity contribution in [1.29, 1.82) is 0 Å². The Morgan fingerprint density at radius 1 is 0.625 bits per heavy atom. The van der Waals surface area contributed by atoms with E-state index >= 15 is 0 Å². The number of ether oxygens (including phenoxy) is 4. The Balaban J connectivity index is 0.896. The van der Waals surface area contributed by atoms with Gasteiger partial charge in [-0.25, -0.2) is 0 Å². The van der Waals surface area contributed by atoms with Crippen LogP contribution in [0.2, 0.25) is 0 Å². The number of rotatable bonds is 28. The van der Waals surface area contributed by atoms with E-state index in [-0.39, 0.29) is 60.1 Å². The fourth-order valence-electron chi connectivity index (χ4n) is 8.95. The Kier molecular flexibility index (Phi) is 20.1. The summed E-state index contributed by atoms with van der Waals surface area (Å²) >= 11 is 0. The highest BCUT2D eigenvalue weighted by Gasteiger charge is 2.31. The highest BCUT2D eigenvalue weighted by Crippen LogP contribution is 2.35. The van der Waals surface area contributed by atoms with Gasteiger partial charge >= 0.3 is 12.4 Å². The summed E-state index contributed by atoms with van der Waals surface area (Å²) in [6, 6.07) is 20.5. The number of nitrogens with one attached hydrogen (secondary N) is 4. The number of amides is 2. The molecule has 0 fully saturated rings. The number of hydrogen-bond acceptors (Lipinski definition) is 11. The van der Waals surface area contributed by atoms with Crippen molar-refractivity contribution in [1.82, 2.24) is 21.3 Å². The lowest BCUT2D eigenvalue weighted by atomic mass is 9.98. The van der Waals surface area contributed by atoms with Crippen LogP contribution in [0.15, 0.2) is 72.8 Å². The molecule has 2 amide bonds. The van der Waals surface area contributed by atoms with Crippen molar-refractivity contribution in [2.24, 2.45) is 0 Å². The Morgan fingerprint density at radius 3 is 1.60 bits per heavy atom. The molecule has 0 saturated carbocycles. The van der Waals surface area contributed by atoms with E-state index in [1.807, 2.05) is 40.1 Å². The maximum Gasteiger partial charge on any atom is 0.422 e. The van der Waals surface area contributed by atoms with Crippen LogP contribution in [0, 0.1) is 0 Å². The quantitative estimate of drug-likeness (QED) is 0.0281. The van der Waals surface area contributed by atoms with Crippen LogP contribution in [-0.2, 0) is 25.7 Å². The third kappa shape index (κ3) is 17.1. The smallest absolute Gasteiger partial charge is 0.422 e. The number of para-hydroxylation sites is 4. The van der Waals surface area contributed by atoms with Crippen molar-refractivity contribution in [3.63, 3.8) is 0 Å². The zero-order chi connectivity index (χ0) is 51.8. The van der Waals surface area contributed by atoms with E-state index in [4.69, 9.17) is 18.9 Å². The first-order chi connectivity index (χ1) is 34.3. The summed E-state index contributed by atoms with van der Waals surface area (Å²) < 4.78 is 97.6. The molecule has 4 aromatic rings. The van der Waals surface area contributed by atoms with Crippen molar-refractivity contribution in [2.45, 2.75) is 95.8 Å². The number of aliphatic hydroxyl groups excluding tert-OH is 1. The average molecular weight is 1020 g/mol. The first-order valence-electron chi connectivity index (χ1n) is 24.6. The van der Waals surface area contributed by atoms with Gasteiger partial charge in [-0.05, 0) is 130 Å². The number of alkyl halides is 6. The maximum atomic E-state index is 13.6. The molecule has 0 spiro atoms. The van der Waals surface area contributed by atoms with E-state index in [2.05, 4.69) is 43.2 Å². The molecule has 0 aromatic heterocycles. The molecular formula is C53H68F6N6O7. The lowest BCUT2D eigenvalue weighted by Crippen LogP contribution is -2.33. The number of halogens is 6. The molecule has 13 nitrogen and oxygen atoms in total. The number of anilines is 2. The summed E-state index contributed by atoms with van der Waals surface area (Å²) in [5.74, 6) is 0.142. The standard InChI is InChI=1S/C53H68F6N6O7/c1-35(61-23-26-69-44-13-5-7-15-46(44)71-33-52(54,55)56)27-38-29-40-19-25-65(4)49(40)43(31-38)51(68)63-21-10-12-41(66)11-9-20-62-50(67)42-30-37(28-39-18-24-64(3)48(39)42)17-22-60-36(2)32-70-45-14-6-8-16-47(45)72-34-53(57,58)59/h5-8,13-16,28-31,35-36,41,60-61,66H,9-12,17-27,32-34H2,1-4H3,(H,62,67)(H,63,68)/t35-,36+,41?/m1/s1. The highest BCUT2D eigenvalue weighted by molar-refractivity contribution is 6.02. The van der Waals surface area contributed by atoms with Crippen molar-refractivity contribution in [3.05, 3.63) is 106 Å². The number of likely N-dealkylation sites (N-methyl/N-ethyl adjacent to an activating group) is 2. The van der Waals surface area contributed by atoms with Crippen molar-refractivity contribution < 1.29 is 60.0 Å². The van der Waals surface area contributed by atoms with Crippen LogP contribution < -0.4 is 50.0 Å². The summed E-state index contributed by atoms with van der Waals surface area (Å²) in [5, 5.41) is 23.7. The summed E-state index contributed by atoms with van der Waals surface area (Å²) in [7, 11) is 3.94. The number of carbonyl (C=O) groups excluding carboxylic acids is 2. The molecule has 3 atom stereocenters. The van der Waals surface area contributed by atoms with E-state index in [1.165, 1.54) is 12.1 Å². The topological polar surface area (TPSA) is 146 Å². The molecule has 1 unspecified atom stereocenters. The normalized spacial score (nSPS) is 14.6. The van der Waals surface area contributed by atoms with Crippen LogP contribution in [0.4, 0.5) is 37.7 Å². The summed E-state index contributed by atoms with van der Waals surface area (Å²) in [5.41, 5.74) is 7.23. The Morgan fingerprint density at radius 2 is 1.08 bits per heavy atom. The predicted molar refractivity (Wildman–Crippen MR) is 265 cm³/mol. The van der Waals surface area contributed by atoms with Gasteiger partial charge in [0.25, 0.3) is 11.8 Å². The van der Waals surface area contributed by atoms with Gasteiger partial charge in [0.05, 0.1) is 28.6 Å². The van der Waals surface area contributed by atoms with Crippen LogP contribution in [0.1, 0.15) is 82.5 Å². The van der Waals surface area contributed by atoms with Crippen LogP contribution in [0.3, 0.4) is 0 Å². The zero-order valence-corrected chi connectivity index (χ0v) is 41.4. The average Bonchev–Trinajstić information content (AvgIpc) is 3.91.